The largest absolute Gasteiger partial charge is 0.359 e. The van der Waals surface area contributed by atoms with Gasteiger partial charge in [-0.3, -0.25) is 9.69 Å². The predicted octanol–water partition coefficient (Wildman–Crippen LogP) is 0.501. The van der Waals surface area contributed by atoms with E-state index in [0.29, 0.717) is 12.3 Å². The molecule has 0 bridgehead atoms. The van der Waals surface area contributed by atoms with E-state index < -0.39 is 0 Å². The third-order valence-corrected chi connectivity index (χ3v) is 3.62. The number of aromatic nitrogens is 2. The van der Waals surface area contributed by atoms with Gasteiger partial charge in [0.05, 0.1) is 0 Å². The van der Waals surface area contributed by atoms with Crippen molar-refractivity contribution in [1.82, 2.24) is 20.2 Å². The fourth-order valence-electron chi connectivity index (χ4n) is 2.51. The van der Waals surface area contributed by atoms with Crippen molar-refractivity contribution in [3.05, 3.63) is 18.0 Å². The average Bonchev–Trinajstić information content (AvgIpc) is 2.86. The molecule has 1 aromatic heterocycles. The number of carbonyl (C=O) groups excluding carboxylic acids is 1. The molecule has 1 fully saturated rings. The van der Waals surface area contributed by atoms with Gasteiger partial charge in [0.15, 0.2) is 0 Å². The van der Waals surface area contributed by atoms with Crippen LogP contribution >= 0.6 is 0 Å². The van der Waals surface area contributed by atoms with E-state index in [2.05, 4.69) is 20.2 Å². The normalized spacial score (nSPS) is 19.1. The summed E-state index contributed by atoms with van der Waals surface area (Å²) in [6, 6.07) is 0. The molecular formula is C14H23N5O. The van der Waals surface area contributed by atoms with E-state index in [4.69, 9.17) is 0 Å². The molecule has 0 saturated carbocycles. The van der Waals surface area contributed by atoms with Crippen molar-refractivity contribution in [2.45, 2.75) is 19.4 Å². The highest BCUT2D eigenvalue weighted by molar-refractivity contribution is 5.75. The predicted molar refractivity (Wildman–Crippen MR) is 78.4 cm³/mol. The minimum Gasteiger partial charge on any atom is -0.359 e. The molecule has 0 aromatic carbocycles. The molecule has 1 amide bonds. The molecule has 0 unspecified atom stereocenters. The van der Waals surface area contributed by atoms with Crippen LogP contribution in [-0.2, 0) is 11.3 Å². The third-order valence-electron chi connectivity index (χ3n) is 3.62. The zero-order chi connectivity index (χ0) is 14.5. The zero-order valence-corrected chi connectivity index (χ0v) is 12.5. The van der Waals surface area contributed by atoms with E-state index >= 15 is 0 Å². The second-order valence-electron chi connectivity index (χ2n) is 5.55. The Bertz CT molecular complexity index is 445. The molecule has 2 heterocycles. The van der Waals surface area contributed by atoms with Crippen molar-refractivity contribution in [3.8, 4) is 0 Å². The maximum Gasteiger partial charge on any atom is 0.224 e. The Balaban J connectivity index is 1.84. The standard InChI is InChI=1S/C14H23N5O/c1-15-13(20)6-11-4-5-19(9-11)10-12-7-16-14(17-8-12)18(2)3/h7-8,11H,4-6,9-10H2,1-3H3,(H,15,20)/t11-/m0/s1. The highest BCUT2D eigenvalue weighted by Gasteiger charge is 2.24. The van der Waals surface area contributed by atoms with Crippen LogP contribution in [0, 0.1) is 5.92 Å². The summed E-state index contributed by atoms with van der Waals surface area (Å²) >= 11 is 0. The van der Waals surface area contributed by atoms with Crippen molar-refractivity contribution >= 4 is 11.9 Å². The van der Waals surface area contributed by atoms with Crippen molar-refractivity contribution in [2.75, 3.05) is 39.1 Å². The van der Waals surface area contributed by atoms with Gasteiger partial charge in [-0.25, -0.2) is 9.97 Å². The summed E-state index contributed by atoms with van der Waals surface area (Å²) in [5.74, 6) is 1.33. The fraction of sp³-hybridized carbons (Fsp3) is 0.643. The van der Waals surface area contributed by atoms with Crippen LogP contribution in [-0.4, -0.2) is 55.0 Å². The van der Waals surface area contributed by atoms with Crippen LogP contribution in [0.3, 0.4) is 0 Å². The number of likely N-dealkylation sites (tertiary alicyclic amines) is 1. The number of nitrogens with zero attached hydrogens (tertiary/aromatic N) is 4. The van der Waals surface area contributed by atoms with Crippen molar-refractivity contribution in [3.63, 3.8) is 0 Å². The number of rotatable bonds is 5. The summed E-state index contributed by atoms with van der Waals surface area (Å²) in [4.78, 5) is 24.3. The SMILES string of the molecule is CNC(=O)C[C@@H]1CCN(Cc2cnc(N(C)C)nc2)C1. The molecule has 6 nitrogen and oxygen atoms in total. The Kier molecular flexibility index (Phi) is 4.89. The molecule has 2 rings (SSSR count). The average molecular weight is 277 g/mol. The Morgan fingerprint density at radius 3 is 2.75 bits per heavy atom. The molecule has 1 N–H and O–H groups in total. The Morgan fingerprint density at radius 1 is 1.45 bits per heavy atom. The molecule has 0 radical (unpaired) electrons. The van der Waals surface area contributed by atoms with Crippen LogP contribution in [0.15, 0.2) is 12.4 Å². The van der Waals surface area contributed by atoms with Crippen LogP contribution in [0.5, 0.6) is 0 Å². The Morgan fingerprint density at radius 2 is 2.15 bits per heavy atom. The summed E-state index contributed by atoms with van der Waals surface area (Å²) in [6.07, 6.45) is 5.48. The van der Waals surface area contributed by atoms with Crippen LogP contribution in [0.25, 0.3) is 0 Å². The van der Waals surface area contributed by atoms with Crippen molar-refractivity contribution in [2.24, 2.45) is 5.92 Å². The molecule has 1 aliphatic heterocycles. The lowest BCUT2D eigenvalue weighted by Gasteiger charge is -2.16. The van der Waals surface area contributed by atoms with E-state index in [1.807, 2.05) is 31.4 Å². The monoisotopic (exact) mass is 277 g/mol. The fourth-order valence-corrected chi connectivity index (χ4v) is 2.51. The van der Waals surface area contributed by atoms with Crippen molar-refractivity contribution in [1.29, 1.82) is 0 Å². The van der Waals surface area contributed by atoms with Gasteiger partial charge >= 0.3 is 0 Å². The van der Waals surface area contributed by atoms with Gasteiger partial charge in [-0.15, -0.1) is 0 Å². The summed E-state index contributed by atoms with van der Waals surface area (Å²) in [5.41, 5.74) is 1.12. The number of nitrogens with one attached hydrogen (secondary N) is 1. The molecule has 1 saturated heterocycles. The quantitative estimate of drug-likeness (QED) is 0.849. The third kappa shape index (κ3) is 3.90. The maximum atomic E-state index is 11.4. The van der Waals surface area contributed by atoms with Crippen molar-refractivity contribution < 1.29 is 4.79 Å². The topological polar surface area (TPSA) is 61.4 Å². The van der Waals surface area contributed by atoms with E-state index in [0.717, 1.165) is 37.6 Å². The Labute approximate surface area is 120 Å². The van der Waals surface area contributed by atoms with Gasteiger partial charge in [-0.1, -0.05) is 0 Å². The van der Waals surface area contributed by atoms with Crippen LogP contribution in [0.4, 0.5) is 5.95 Å². The second kappa shape index (κ2) is 6.65. The van der Waals surface area contributed by atoms with Gasteiger partial charge < -0.3 is 10.2 Å². The van der Waals surface area contributed by atoms with E-state index in [1.54, 1.807) is 7.05 Å². The highest BCUT2D eigenvalue weighted by atomic mass is 16.1. The lowest BCUT2D eigenvalue weighted by molar-refractivity contribution is -0.121. The second-order valence-corrected chi connectivity index (χ2v) is 5.55. The van der Waals surface area contributed by atoms with Gasteiger partial charge in [-0.05, 0) is 18.9 Å². The Hall–Kier alpha value is -1.69. The summed E-state index contributed by atoms with van der Waals surface area (Å²) < 4.78 is 0. The molecule has 0 spiro atoms. The first-order valence-electron chi connectivity index (χ1n) is 6.99. The van der Waals surface area contributed by atoms with Crippen LogP contribution < -0.4 is 10.2 Å². The van der Waals surface area contributed by atoms with Gasteiger partial charge in [0.1, 0.15) is 0 Å². The molecule has 20 heavy (non-hydrogen) atoms. The zero-order valence-electron chi connectivity index (χ0n) is 12.5. The van der Waals surface area contributed by atoms with Gasteiger partial charge in [0, 0.05) is 58.6 Å². The molecule has 1 atom stereocenters. The van der Waals surface area contributed by atoms with Gasteiger partial charge in [0.2, 0.25) is 11.9 Å². The summed E-state index contributed by atoms with van der Waals surface area (Å²) in [6.45, 7) is 2.87. The maximum absolute atomic E-state index is 11.4. The number of hydrogen-bond acceptors (Lipinski definition) is 5. The number of amides is 1. The van der Waals surface area contributed by atoms with E-state index in [9.17, 15) is 4.79 Å². The summed E-state index contributed by atoms with van der Waals surface area (Å²) in [7, 11) is 5.55. The minimum absolute atomic E-state index is 0.135. The first kappa shape index (κ1) is 14.7. The van der Waals surface area contributed by atoms with Gasteiger partial charge in [-0.2, -0.15) is 0 Å². The number of hydrogen-bond donors (Lipinski definition) is 1. The summed E-state index contributed by atoms with van der Waals surface area (Å²) in [5, 5.41) is 2.69. The lowest BCUT2D eigenvalue weighted by Crippen LogP contribution is -2.24. The number of anilines is 1. The smallest absolute Gasteiger partial charge is 0.224 e. The minimum atomic E-state index is 0.135. The molecule has 1 aromatic rings. The number of carbonyl (C=O) groups is 1. The lowest BCUT2D eigenvalue weighted by atomic mass is 10.0. The van der Waals surface area contributed by atoms with E-state index in [-0.39, 0.29) is 5.91 Å². The first-order valence-corrected chi connectivity index (χ1v) is 6.99. The molecule has 110 valence electrons. The highest BCUT2D eigenvalue weighted by Crippen LogP contribution is 2.21. The molecule has 1 aliphatic rings. The molecule has 6 heteroatoms. The van der Waals surface area contributed by atoms with Crippen LogP contribution in [0.2, 0.25) is 0 Å². The molecular weight excluding hydrogens is 254 g/mol. The first-order chi connectivity index (χ1) is 9.58. The van der Waals surface area contributed by atoms with E-state index in [1.165, 1.54) is 0 Å². The molecule has 0 aliphatic carbocycles. The van der Waals surface area contributed by atoms with Crippen LogP contribution in [0.1, 0.15) is 18.4 Å². The van der Waals surface area contributed by atoms with Gasteiger partial charge in [0.25, 0.3) is 0 Å².